The molecule has 180 valence electrons. The first-order chi connectivity index (χ1) is 16.3. The van der Waals surface area contributed by atoms with Crippen LogP contribution in [0.25, 0.3) is 5.69 Å². The minimum atomic E-state index is -0.959. The summed E-state index contributed by atoms with van der Waals surface area (Å²) in [5, 5.41) is 21.6. The molecule has 0 spiro atoms. The first-order valence-corrected chi connectivity index (χ1v) is 11.6. The fourth-order valence-electron chi connectivity index (χ4n) is 4.80. The molecule has 4 rings (SSSR count). The largest absolute Gasteiger partial charge is 0.390 e. The number of nitrogens with one attached hydrogen (secondary N) is 2. The van der Waals surface area contributed by atoms with Gasteiger partial charge in [0.05, 0.1) is 17.8 Å². The van der Waals surface area contributed by atoms with Crippen molar-refractivity contribution in [2.45, 2.75) is 50.8 Å². The van der Waals surface area contributed by atoms with E-state index in [9.17, 15) is 18.7 Å². The van der Waals surface area contributed by atoms with Gasteiger partial charge in [-0.25, -0.2) is 13.5 Å². The van der Waals surface area contributed by atoms with Crippen LogP contribution in [0.4, 0.5) is 8.78 Å². The molecule has 1 aliphatic carbocycles. The number of halogens is 2. The van der Waals surface area contributed by atoms with Crippen molar-refractivity contribution in [3.05, 3.63) is 83.7 Å². The molecule has 3 N–H and O–H groups in total. The fraction of sp³-hybridized carbons (Fsp3) is 0.385. The fourth-order valence-corrected chi connectivity index (χ4v) is 4.80. The Morgan fingerprint density at radius 3 is 2.62 bits per heavy atom. The maximum Gasteiger partial charge on any atom is 0.217 e. The van der Waals surface area contributed by atoms with Gasteiger partial charge in [-0.3, -0.25) is 4.79 Å². The van der Waals surface area contributed by atoms with E-state index in [2.05, 4.69) is 34.8 Å². The van der Waals surface area contributed by atoms with Crippen LogP contribution in [0, 0.1) is 17.6 Å². The van der Waals surface area contributed by atoms with Gasteiger partial charge in [0, 0.05) is 37.5 Å². The highest BCUT2D eigenvalue weighted by Gasteiger charge is 2.54. The minimum absolute atomic E-state index is 0.107. The number of carbonyl (C=O) groups is 1. The molecule has 1 aliphatic rings. The van der Waals surface area contributed by atoms with Crippen LogP contribution in [-0.4, -0.2) is 39.5 Å². The Kier molecular flexibility index (Phi) is 7.09. The second-order valence-electron chi connectivity index (χ2n) is 9.02. The average molecular weight is 469 g/mol. The molecule has 1 heterocycles. The number of rotatable bonds is 10. The zero-order valence-corrected chi connectivity index (χ0v) is 19.3. The Morgan fingerprint density at radius 1 is 1.24 bits per heavy atom. The van der Waals surface area contributed by atoms with Gasteiger partial charge >= 0.3 is 0 Å². The summed E-state index contributed by atoms with van der Waals surface area (Å²) in [5.41, 5.74) is 2.15. The Balaban J connectivity index is 1.50. The van der Waals surface area contributed by atoms with Crippen LogP contribution in [0.2, 0.25) is 0 Å². The SMILES string of the molecule is CCC1CC1(NCC(O)C(Cc1cc(F)cc(F)c1)NC(C)=O)c1cccc(-n2cccn2)c1. The number of hydrogen-bond donors (Lipinski definition) is 3. The zero-order chi connectivity index (χ0) is 24.3. The predicted octanol–water partition coefficient (Wildman–Crippen LogP) is 3.47. The highest BCUT2D eigenvalue weighted by atomic mass is 19.1. The number of nitrogens with zero attached hydrogens (tertiary/aromatic N) is 2. The molecule has 0 saturated heterocycles. The summed E-state index contributed by atoms with van der Waals surface area (Å²) in [6, 6.07) is 12.6. The van der Waals surface area contributed by atoms with Crippen LogP contribution in [0.3, 0.4) is 0 Å². The first-order valence-electron chi connectivity index (χ1n) is 11.6. The van der Waals surface area contributed by atoms with Crippen LogP contribution < -0.4 is 10.6 Å². The van der Waals surface area contributed by atoms with Crippen LogP contribution >= 0.6 is 0 Å². The van der Waals surface area contributed by atoms with E-state index < -0.39 is 23.8 Å². The molecule has 1 aromatic heterocycles. The lowest BCUT2D eigenvalue weighted by molar-refractivity contribution is -0.120. The van der Waals surface area contributed by atoms with E-state index in [0.29, 0.717) is 11.5 Å². The molecule has 4 unspecified atom stereocenters. The molecule has 1 amide bonds. The number of aliphatic hydroxyl groups is 1. The Hall–Kier alpha value is -3.10. The average Bonchev–Trinajstić information content (AvgIpc) is 3.24. The zero-order valence-electron chi connectivity index (χ0n) is 19.3. The smallest absolute Gasteiger partial charge is 0.217 e. The molecular formula is C26H30F2N4O2. The van der Waals surface area contributed by atoms with Crippen LogP contribution in [0.1, 0.15) is 37.8 Å². The third-order valence-corrected chi connectivity index (χ3v) is 6.59. The monoisotopic (exact) mass is 468 g/mol. The van der Waals surface area contributed by atoms with Crippen LogP contribution in [0.15, 0.2) is 60.9 Å². The van der Waals surface area contributed by atoms with E-state index in [1.807, 2.05) is 24.4 Å². The van der Waals surface area contributed by atoms with Crippen molar-refractivity contribution in [2.75, 3.05) is 6.54 Å². The van der Waals surface area contributed by atoms with E-state index in [4.69, 9.17) is 0 Å². The van der Waals surface area contributed by atoms with Gasteiger partial charge < -0.3 is 15.7 Å². The lowest BCUT2D eigenvalue weighted by Crippen LogP contribution is -2.50. The van der Waals surface area contributed by atoms with E-state index >= 15 is 0 Å². The molecule has 2 aromatic carbocycles. The molecule has 0 aliphatic heterocycles. The molecule has 1 saturated carbocycles. The van der Waals surface area contributed by atoms with E-state index in [1.165, 1.54) is 19.1 Å². The van der Waals surface area contributed by atoms with Crippen molar-refractivity contribution >= 4 is 5.91 Å². The maximum absolute atomic E-state index is 13.7. The normalized spacial score (nSPS) is 21.1. The predicted molar refractivity (Wildman–Crippen MR) is 125 cm³/mol. The van der Waals surface area contributed by atoms with Gasteiger partial charge in [0.1, 0.15) is 11.6 Å². The van der Waals surface area contributed by atoms with Crippen molar-refractivity contribution in [1.82, 2.24) is 20.4 Å². The topological polar surface area (TPSA) is 79.2 Å². The summed E-state index contributed by atoms with van der Waals surface area (Å²) >= 11 is 0. The number of aliphatic hydroxyl groups excluding tert-OH is 1. The number of carbonyl (C=O) groups excluding carboxylic acids is 1. The highest BCUT2D eigenvalue weighted by Crippen LogP contribution is 2.54. The molecule has 0 radical (unpaired) electrons. The molecule has 8 heteroatoms. The summed E-state index contributed by atoms with van der Waals surface area (Å²) < 4.78 is 29.1. The first kappa shape index (κ1) is 24.0. The second-order valence-corrected chi connectivity index (χ2v) is 9.02. The quantitative estimate of drug-likeness (QED) is 0.426. The molecular weight excluding hydrogens is 438 g/mol. The summed E-state index contributed by atoms with van der Waals surface area (Å²) in [6.45, 7) is 3.71. The van der Waals surface area contributed by atoms with Crippen molar-refractivity contribution < 1.29 is 18.7 Å². The third kappa shape index (κ3) is 5.34. The van der Waals surface area contributed by atoms with E-state index in [-0.39, 0.29) is 24.4 Å². The van der Waals surface area contributed by atoms with Gasteiger partial charge in [0.15, 0.2) is 0 Å². The number of benzene rings is 2. The van der Waals surface area contributed by atoms with Crippen LogP contribution in [0.5, 0.6) is 0 Å². The number of aromatic nitrogens is 2. The Morgan fingerprint density at radius 2 is 2.00 bits per heavy atom. The Bertz CT molecular complexity index is 1120. The van der Waals surface area contributed by atoms with Crippen LogP contribution in [-0.2, 0) is 16.8 Å². The third-order valence-electron chi connectivity index (χ3n) is 6.59. The van der Waals surface area contributed by atoms with E-state index in [0.717, 1.165) is 30.2 Å². The van der Waals surface area contributed by atoms with Gasteiger partial charge in [-0.05, 0) is 60.2 Å². The summed E-state index contributed by atoms with van der Waals surface area (Å²) in [5.74, 6) is -1.29. The van der Waals surface area contributed by atoms with Gasteiger partial charge in [0.25, 0.3) is 0 Å². The minimum Gasteiger partial charge on any atom is -0.390 e. The highest BCUT2D eigenvalue weighted by molar-refractivity contribution is 5.73. The van der Waals surface area contributed by atoms with Crippen molar-refractivity contribution in [2.24, 2.45) is 5.92 Å². The lowest BCUT2D eigenvalue weighted by Gasteiger charge is -2.28. The Labute approximate surface area is 198 Å². The number of hydrogen-bond acceptors (Lipinski definition) is 4. The van der Waals surface area contributed by atoms with Gasteiger partial charge in [-0.15, -0.1) is 0 Å². The van der Waals surface area contributed by atoms with Crippen molar-refractivity contribution in [1.29, 1.82) is 0 Å². The molecule has 1 fully saturated rings. The summed E-state index contributed by atoms with van der Waals surface area (Å²) in [6.07, 6.45) is 4.68. The molecule has 34 heavy (non-hydrogen) atoms. The van der Waals surface area contributed by atoms with Crippen molar-refractivity contribution in [3.63, 3.8) is 0 Å². The second kappa shape index (κ2) is 10.0. The molecule has 0 bridgehead atoms. The number of amides is 1. The van der Waals surface area contributed by atoms with Gasteiger partial charge in [-0.1, -0.05) is 25.5 Å². The molecule has 3 aromatic rings. The van der Waals surface area contributed by atoms with Crippen molar-refractivity contribution in [3.8, 4) is 5.69 Å². The maximum atomic E-state index is 13.7. The summed E-state index contributed by atoms with van der Waals surface area (Å²) in [7, 11) is 0. The van der Waals surface area contributed by atoms with E-state index in [1.54, 1.807) is 10.9 Å². The summed E-state index contributed by atoms with van der Waals surface area (Å²) in [4.78, 5) is 11.8. The van der Waals surface area contributed by atoms with Gasteiger partial charge in [-0.2, -0.15) is 5.10 Å². The lowest BCUT2D eigenvalue weighted by atomic mass is 9.97. The standard InChI is InChI=1S/C26H30F2N4O2/c1-3-19-15-26(19,20-6-4-7-23(13-20)32-9-5-8-30-32)29-16-25(34)24(31-17(2)33)12-18-10-21(27)14-22(28)11-18/h4-11,13-14,19,24-25,29,34H,3,12,15-16H2,1-2H3,(H,31,33). The molecule has 4 atom stereocenters. The van der Waals surface area contributed by atoms with Gasteiger partial charge in [0.2, 0.25) is 5.91 Å². The molecule has 6 nitrogen and oxygen atoms in total.